The van der Waals surface area contributed by atoms with Crippen LogP contribution in [0.1, 0.15) is 31.1 Å². The zero-order valence-electron chi connectivity index (χ0n) is 13.5. The Balaban J connectivity index is 2.45. The normalized spacial score (nSPS) is 11.7. The Labute approximate surface area is 135 Å². The summed E-state index contributed by atoms with van der Waals surface area (Å²) in [6.45, 7) is 5.28. The van der Waals surface area contributed by atoms with Gasteiger partial charge in [-0.1, -0.05) is 13.8 Å². The number of nitrogens with one attached hydrogen (secondary N) is 1. The van der Waals surface area contributed by atoms with Gasteiger partial charge in [-0.15, -0.1) is 0 Å². The molecule has 7 heteroatoms. The van der Waals surface area contributed by atoms with E-state index in [9.17, 15) is 14.4 Å². The van der Waals surface area contributed by atoms with E-state index < -0.39 is 11.9 Å². The van der Waals surface area contributed by atoms with Crippen LogP contribution in [0, 0.1) is 5.92 Å². The quantitative estimate of drug-likeness (QED) is 0.690. The first kappa shape index (κ1) is 18.5. The van der Waals surface area contributed by atoms with Crippen LogP contribution >= 0.6 is 0 Å². The van der Waals surface area contributed by atoms with E-state index in [1.54, 1.807) is 0 Å². The minimum atomic E-state index is -0.612. The molecular formula is C16H22N2O5. The molecule has 0 fully saturated rings. The van der Waals surface area contributed by atoms with E-state index in [0.29, 0.717) is 11.7 Å². The van der Waals surface area contributed by atoms with Gasteiger partial charge in [0.1, 0.15) is 5.75 Å². The van der Waals surface area contributed by atoms with Gasteiger partial charge in [-0.25, -0.2) is 4.79 Å². The first-order chi connectivity index (χ1) is 10.8. The van der Waals surface area contributed by atoms with E-state index in [1.807, 2.05) is 20.8 Å². The summed E-state index contributed by atoms with van der Waals surface area (Å²) in [6, 6.07) is 5.99. The Morgan fingerprint density at radius 2 is 1.70 bits per heavy atom. The third kappa shape index (κ3) is 6.82. The van der Waals surface area contributed by atoms with Crippen molar-refractivity contribution >= 4 is 17.8 Å². The minimum absolute atomic E-state index is 0.00268. The van der Waals surface area contributed by atoms with Gasteiger partial charge in [-0.05, 0) is 37.1 Å². The second kappa shape index (κ2) is 8.77. The fraction of sp³-hybridized carbons (Fsp3) is 0.438. The van der Waals surface area contributed by atoms with Crippen LogP contribution in [0.25, 0.3) is 0 Å². The predicted octanol–water partition coefficient (Wildman–Crippen LogP) is 0.868. The molecule has 0 heterocycles. The van der Waals surface area contributed by atoms with Crippen molar-refractivity contribution in [2.45, 2.75) is 26.8 Å². The smallest absolute Gasteiger partial charge is 0.338 e. The Morgan fingerprint density at radius 1 is 1.09 bits per heavy atom. The highest BCUT2D eigenvalue weighted by Gasteiger charge is 2.14. The number of benzene rings is 1. The molecule has 0 saturated heterocycles. The second-order valence-corrected chi connectivity index (χ2v) is 5.46. The molecule has 0 spiro atoms. The summed E-state index contributed by atoms with van der Waals surface area (Å²) in [5.74, 6) is -0.846. The number of esters is 1. The van der Waals surface area contributed by atoms with Crippen molar-refractivity contribution in [1.82, 2.24) is 5.32 Å². The van der Waals surface area contributed by atoms with Crippen molar-refractivity contribution < 1.29 is 23.9 Å². The van der Waals surface area contributed by atoms with Crippen LogP contribution in [0.2, 0.25) is 0 Å². The average Bonchev–Trinajstić information content (AvgIpc) is 2.50. The molecule has 1 aromatic rings. The number of rotatable bonds is 8. The molecule has 1 aromatic carbocycles. The van der Waals surface area contributed by atoms with Crippen molar-refractivity contribution in [3.63, 3.8) is 0 Å². The molecule has 7 nitrogen and oxygen atoms in total. The summed E-state index contributed by atoms with van der Waals surface area (Å²) in [7, 11) is 0. The lowest BCUT2D eigenvalue weighted by Gasteiger charge is -2.17. The maximum absolute atomic E-state index is 11.8. The molecule has 2 amide bonds. The first-order valence-corrected chi connectivity index (χ1v) is 7.27. The summed E-state index contributed by atoms with van der Waals surface area (Å²) < 4.78 is 10.0. The topological polar surface area (TPSA) is 108 Å². The fourth-order valence-corrected chi connectivity index (χ4v) is 1.52. The molecule has 0 saturated carbocycles. The van der Waals surface area contributed by atoms with Crippen LogP contribution in [0.5, 0.6) is 5.75 Å². The first-order valence-electron chi connectivity index (χ1n) is 7.27. The van der Waals surface area contributed by atoms with Gasteiger partial charge in [0.25, 0.3) is 11.8 Å². The van der Waals surface area contributed by atoms with Crippen LogP contribution < -0.4 is 15.8 Å². The molecule has 1 rings (SSSR count). The number of amides is 2. The Morgan fingerprint density at radius 3 is 2.22 bits per heavy atom. The van der Waals surface area contributed by atoms with Crippen LogP contribution in [0.4, 0.5) is 0 Å². The Bertz CT molecular complexity index is 554. The number of hydrogen-bond donors (Lipinski definition) is 2. The SMILES string of the molecule is CC(C)[C@@H](C)NC(=O)COC(=O)c1ccc(OCC(N)=O)cc1. The van der Waals surface area contributed by atoms with Crippen molar-refractivity contribution in [2.75, 3.05) is 13.2 Å². The third-order valence-corrected chi connectivity index (χ3v) is 3.19. The molecule has 0 aliphatic carbocycles. The number of nitrogens with two attached hydrogens (primary N) is 1. The third-order valence-electron chi connectivity index (χ3n) is 3.19. The highest BCUT2D eigenvalue weighted by atomic mass is 16.5. The van der Waals surface area contributed by atoms with Crippen molar-refractivity contribution in [3.8, 4) is 5.75 Å². The Hall–Kier alpha value is -2.57. The van der Waals surface area contributed by atoms with E-state index in [2.05, 4.69) is 5.32 Å². The summed E-state index contributed by atoms with van der Waals surface area (Å²) in [5, 5.41) is 2.74. The lowest BCUT2D eigenvalue weighted by molar-refractivity contribution is -0.125. The average molecular weight is 322 g/mol. The van der Waals surface area contributed by atoms with Gasteiger partial charge in [0, 0.05) is 6.04 Å². The highest BCUT2D eigenvalue weighted by molar-refractivity contribution is 5.91. The van der Waals surface area contributed by atoms with E-state index in [0.717, 1.165) is 0 Å². The fourth-order valence-electron chi connectivity index (χ4n) is 1.52. The molecule has 0 bridgehead atoms. The van der Waals surface area contributed by atoms with Gasteiger partial charge in [0.15, 0.2) is 13.2 Å². The van der Waals surface area contributed by atoms with Crippen LogP contribution in [0.15, 0.2) is 24.3 Å². The number of ether oxygens (including phenoxy) is 2. The van der Waals surface area contributed by atoms with Crippen LogP contribution in [-0.4, -0.2) is 37.0 Å². The van der Waals surface area contributed by atoms with Gasteiger partial charge in [-0.3, -0.25) is 9.59 Å². The molecule has 0 aliphatic heterocycles. The maximum atomic E-state index is 11.8. The van der Waals surface area contributed by atoms with Crippen molar-refractivity contribution in [2.24, 2.45) is 11.7 Å². The summed E-state index contributed by atoms with van der Waals surface area (Å²) in [5.41, 5.74) is 5.24. The van der Waals surface area contributed by atoms with E-state index in [1.165, 1.54) is 24.3 Å². The van der Waals surface area contributed by atoms with Gasteiger partial charge >= 0.3 is 5.97 Å². The molecule has 1 atom stereocenters. The van der Waals surface area contributed by atoms with Crippen molar-refractivity contribution in [3.05, 3.63) is 29.8 Å². The molecule has 3 N–H and O–H groups in total. The van der Waals surface area contributed by atoms with Gasteiger partial charge in [0.05, 0.1) is 5.56 Å². The van der Waals surface area contributed by atoms with Crippen LogP contribution in [-0.2, 0) is 14.3 Å². The van der Waals surface area contributed by atoms with Crippen molar-refractivity contribution in [1.29, 1.82) is 0 Å². The monoisotopic (exact) mass is 322 g/mol. The zero-order chi connectivity index (χ0) is 17.4. The van der Waals surface area contributed by atoms with E-state index in [4.69, 9.17) is 15.2 Å². The van der Waals surface area contributed by atoms with E-state index in [-0.39, 0.29) is 30.7 Å². The summed E-state index contributed by atoms with van der Waals surface area (Å²) in [4.78, 5) is 34.1. The molecule has 23 heavy (non-hydrogen) atoms. The van der Waals surface area contributed by atoms with Crippen LogP contribution in [0.3, 0.4) is 0 Å². The largest absolute Gasteiger partial charge is 0.484 e. The maximum Gasteiger partial charge on any atom is 0.338 e. The zero-order valence-corrected chi connectivity index (χ0v) is 13.5. The molecular weight excluding hydrogens is 300 g/mol. The molecule has 0 unspecified atom stereocenters. The minimum Gasteiger partial charge on any atom is -0.484 e. The molecule has 0 aromatic heterocycles. The van der Waals surface area contributed by atoms with Gasteiger partial charge in [0.2, 0.25) is 0 Å². The second-order valence-electron chi connectivity index (χ2n) is 5.46. The number of hydrogen-bond acceptors (Lipinski definition) is 5. The highest BCUT2D eigenvalue weighted by Crippen LogP contribution is 2.12. The standard InChI is InChI=1S/C16H22N2O5/c1-10(2)11(3)18-15(20)9-23-16(21)12-4-6-13(7-5-12)22-8-14(17)19/h4-7,10-11H,8-9H2,1-3H3,(H2,17,19)(H,18,20)/t11-/m1/s1. The van der Waals surface area contributed by atoms with Gasteiger partial charge in [-0.2, -0.15) is 0 Å². The summed E-state index contributed by atoms with van der Waals surface area (Å²) in [6.07, 6.45) is 0. The number of carbonyl (C=O) groups is 3. The lowest BCUT2D eigenvalue weighted by Crippen LogP contribution is -2.38. The molecule has 126 valence electrons. The Kier molecular flexibility index (Phi) is 7.05. The molecule has 0 aliphatic rings. The lowest BCUT2D eigenvalue weighted by atomic mass is 10.1. The summed E-state index contributed by atoms with van der Waals surface area (Å²) >= 11 is 0. The predicted molar refractivity (Wildman–Crippen MR) is 83.9 cm³/mol. The number of carbonyl (C=O) groups excluding carboxylic acids is 3. The van der Waals surface area contributed by atoms with Gasteiger partial charge < -0.3 is 20.5 Å². The molecule has 0 radical (unpaired) electrons. The number of primary amides is 1. The van der Waals surface area contributed by atoms with E-state index >= 15 is 0 Å².